The maximum Gasteiger partial charge on any atom is -0.00349 e. The van der Waals surface area contributed by atoms with Gasteiger partial charge < -0.3 is 0 Å². The summed E-state index contributed by atoms with van der Waals surface area (Å²) in [6, 6.07) is 7.50. The number of hydrogen-bond donors (Lipinski definition) is 0. The standard InChI is InChI=1S/C32H46/c1-7-9-14-27-15-12-18-30(27,5)23-26-16-17-29-28(22-26)24(3)13-10-11-19-32(8-2)21-20-31(29,6)25(32)4/h10-11,13,16-17,19,22,25,27H,3,7-9,12,14-15,18,20-21,23H2,1-2,4-6H3. The Morgan fingerprint density at radius 3 is 2.62 bits per heavy atom. The van der Waals surface area contributed by atoms with Crippen LogP contribution < -0.4 is 0 Å². The fourth-order valence-electron chi connectivity index (χ4n) is 7.68. The summed E-state index contributed by atoms with van der Waals surface area (Å²) in [6.07, 6.45) is 22.6. The highest BCUT2D eigenvalue weighted by Gasteiger charge is 2.51. The van der Waals surface area contributed by atoms with Gasteiger partial charge in [-0.2, -0.15) is 0 Å². The molecule has 2 saturated carbocycles. The molecule has 0 radical (unpaired) electrons. The van der Waals surface area contributed by atoms with Crippen LogP contribution >= 0.6 is 0 Å². The molecule has 5 unspecified atom stereocenters. The van der Waals surface area contributed by atoms with Crippen molar-refractivity contribution in [2.45, 2.75) is 104 Å². The van der Waals surface area contributed by atoms with E-state index < -0.39 is 0 Å². The largest absolute Gasteiger partial charge is 0.0911 e. The van der Waals surface area contributed by atoms with E-state index in [2.05, 4.69) is 83.7 Å². The topological polar surface area (TPSA) is 0 Å². The van der Waals surface area contributed by atoms with E-state index in [4.69, 9.17) is 0 Å². The SMILES string of the molecule is C=C1C=CC=CC2(CC)CCC(C)(c3ccc(CC4(C)CCCC4CCCC)cc31)C2C. The van der Waals surface area contributed by atoms with Crippen LogP contribution in [0, 0.1) is 22.7 Å². The first kappa shape index (κ1) is 23.6. The lowest BCUT2D eigenvalue weighted by Crippen LogP contribution is -2.34. The molecule has 1 aromatic rings. The van der Waals surface area contributed by atoms with Gasteiger partial charge in [-0.1, -0.05) is 103 Å². The monoisotopic (exact) mass is 430 g/mol. The van der Waals surface area contributed by atoms with Crippen LogP contribution in [0.3, 0.4) is 0 Å². The van der Waals surface area contributed by atoms with E-state index in [1.54, 1.807) is 0 Å². The summed E-state index contributed by atoms with van der Waals surface area (Å²) in [6.45, 7) is 16.8. The Kier molecular flexibility index (Phi) is 6.63. The van der Waals surface area contributed by atoms with Gasteiger partial charge in [-0.15, -0.1) is 0 Å². The molecule has 0 N–H and O–H groups in total. The zero-order chi connectivity index (χ0) is 23.0. The van der Waals surface area contributed by atoms with Crippen LogP contribution in [0.25, 0.3) is 5.57 Å². The van der Waals surface area contributed by atoms with Crippen LogP contribution in [-0.4, -0.2) is 0 Å². The molecule has 4 rings (SSSR count). The van der Waals surface area contributed by atoms with E-state index in [1.165, 1.54) is 86.5 Å². The third kappa shape index (κ3) is 3.97. The molecule has 5 atom stereocenters. The molecule has 174 valence electrons. The quantitative estimate of drug-likeness (QED) is 0.421. The highest BCUT2D eigenvalue weighted by Crippen LogP contribution is 2.59. The number of fused-ring (bicyclic) bond motifs is 4. The van der Waals surface area contributed by atoms with E-state index in [0.29, 0.717) is 16.7 Å². The third-order valence-electron chi connectivity index (χ3n) is 10.3. The fraction of sp³-hybridized carbons (Fsp3) is 0.625. The zero-order valence-corrected chi connectivity index (χ0v) is 21.5. The molecule has 0 nitrogen and oxygen atoms in total. The third-order valence-corrected chi connectivity index (χ3v) is 10.3. The number of allylic oxidation sites excluding steroid dienone is 5. The second-order valence-corrected chi connectivity index (χ2v) is 11.9. The highest BCUT2D eigenvalue weighted by atomic mass is 14.5. The lowest BCUT2D eigenvalue weighted by molar-refractivity contribution is 0.210. The average Bonchev–Trinajstić information content (AvgIpc) is 3.26. The Labute approximate surface area is 198 Å². The molecule has 2 bridgehead atoms. The van der Waals surface area contributed by atoms with Crippen LogP contribution in [0.15, 0.2) is 49.1 Å². The second-order valence-electron chi connectivity index (χ2n) is 11.9. The second kappa shape index (κ2) is 9.00. The van der Waals surface area contributed by atoms with Crippen molar-refractivity contribution < 1.29 is 0 Å². The minimum atomic E-state index is 0.212. The van der Waals surface area contributed by atoms with Crippen LogP contribution in [0.1, 0.15) is 109 Å². The molecule has 3 aliphatic rings. The van der Waals surface area contributed by atoms with Crippen molar-refractivity contribution in [3.05, 3.63) is 65.8 Å². The molecule has 0 heteroatoms. The van der Waals surface area contributed by atoms with Crippen molar-refractivity contribution in [2.75, 3.05) is 0 Å². The summed E-state index contributed by atoms with van der Waals surface area (Å²) in [7, 11) is 0. The molecule has 0 amide bonds. The molecular formula is C32H46. The molecule has 0 aliphatic heterocycles. The van der Waals surface area contributed by atoms with Crippen molar-refractivity contribution in [2.24, 2.45) is 22.7 Å². The minimum absolute atomic E-state index is 0.212. The summed E-state index contributed by atoms with van der Waals surface area (Å²) >= 11 is 0. The van der Waals surface area contributed by atoms with Gasteiger partial charge in [-0.25, -0.2) is 0 Å². The predicted molar refractivity (Wildman–Crippen MR) is 141 cm³/mol. The molecule has 3 aliphatic carbocycles. The van der Waals surface area contributed by atoms with Crippen molar-refractivity contribution in [3.8, 4) is 0 Å². The molecule has 0 spiro atoms. The molecule has 1 aromatic carbocycles. The van der Waals surface area contributed by atoms with Crippen LogP contribution in [0.4, 0.5) is 0 Å². The van der Waals surface area contributed by atoms with Gasteiger partial charge in [-0.3, -0.25) is 0 Å². The van der Waals surface area contributed by atoms with E-state index in [9.17, 15) is 0 Å². The molecular weight excluding hydrogens is 384 g/mol. The number of unbranched alkanes of at least 4 members (excludes halogenated alkanes) is 1. The molecule has 32 heavy (non-hydrogen) atoms. The van der Waals surface area contributed by atoms with Gasteiger partial charge in [0.25, 0.3) is 0 Å². The van der Waals surface area contributed by atoms with Gasteiger partial charge in [0.1, 0.15) is 0 Å². The first-order valence-electron chi connectivity index (χ1n) is 13.5. The Morgan fingerprint density at radius 1 is 1.06 bits per heavy atom. The fourth-order valence-corrected chi connectivity index (χ4v) is 7.68. The highest BCUT2D eigenvalue weighted by molar-refractivity contribution is 5.76. The van der Waals surface area contributed by atoms with Crippen LogP contribution in [0.2, 0.25) is 0 Å². The van der Waals surface area contributed by atoms with E-state index in [0.717, 1.165) is 5.92 Å². The van der Waals surface area contributed by atoms with Gasteiger partial charge in [0.05, 0.1) is 0 Å². The lowest BCUT2D eigenvalue weighted by Gasteiger charge is -2.39. The average molecular weight is 431 g/mol. The first-order chi connectivity index (χ1) is 15.3. The number of benzene rings is 1. The first-order valence-corrected chi connectivity index (χ1v) is 13.5. The van der Waals surface area contributed by atoms with Crippen molar-refractivity contribution in [1.82, 2.24) is 0 Å². The lowest BCUT2D eigenvalue weighted by atomic mass is 9.64. The maximum absolute atomic E-state index is 4.53. The van der Waals surface area contributed by atoms with Gasteiger partial charge in [0.2, 0.25) is 0 Å². The van der Waals surface area contributed by atoms with Crippen LogP contribution in [-0.2, 0) is 11.8 Å². The maximum atomic E-state index is 4.53. The number of hydrogen-bond acceptors (Lipinski definition) is 0. The summed E-state index contributed by atoms with van der Waals surface area (Å²) in [5.74, 6) is 1.52. The van der Waals surface area contributed by atoms with Gasteiger partial charge in [0, 0.05) is 0 Å². The summed E-state index contributed by atoms with van der Waals surface area (Å²) in [4.78, 5) is 0. The smallest absolute Gasteiger partial charge is 0.00349 e. The van der Waals surface area contributed by atoms with Crippen molar-refractivity contribution in [1.29, 1.82) is 0 Å². The summed E-state index contributed by atoms with van der Waals surface area (Å²) in [5, 5.41) is 0. The molecule has 0 saturated heterocycles. The molecule has 0 heterocycles. The van der Waals surface area contributed by atoms with E-state index in [1.807, 2.05) is 0 Å². The summed E-state index contributed by atoms with van der Waals surface area (Å²) < 4.78 is 0. The Balaban J connectivity index is 1.71. The molecule has 2 fully saturated rings. The van der Waals surface area contributed by atoms with Gasteiger partial charge in [-0.05, 0) is 95.3 Å². The van der Waals surface area contributed by atoms with Crippen molar-refractivity contribution >= 4 is 5.57 Å². The Hall–Kier alpha value is -1.56. The predicted octanol–water partition coefficient (Wildman–Crippen LogP) is 9.45. The Bertz CT molecular complexity index is 901. The van der Waals surface area contributed by atoms with Gasteiger partial charge in [0.15, 0.2) is 0 Å². The molecule has 0 aromatic heterocycles. The van der Waals surface area contributed by atoms with Crippen molar-refractivity contribution in [3.63, 3.8) is 0 Å². The Morgan fingerprint density at radius 2 is 1.88 bits per heavy atom. The van der Waals surface area contributed by atoms with Gasteiger partial charge >= 0.3 is 0 Å². The summed E-state index contributed by atoms with van der Waals surface area (Å²) in [5.41, 5.74) is 6.63. The normalized spacial score (nSPS) is 36.5. The zero-order valence-electron chi connectivity index (χ0n) is 21.5. The number of rotatable bonds is 6. The van der Waals surface area contributed by atoms with E-state index >= 15 is 0 Å². The minimum Gasteiger partial charge on any atom is -0.0911 e. The van der Waals surface area contributed by atoms with Crippen LogP contribution in [0.5, 0.6) is 0 Å². The van der Waals surface area contributed by atoms with E-state index in [-0.39, 0.29) is 5.41 Å².